The van der Waals surface area contributed by atoms with E-state index in [-0.39, 0.29) is 11.7 Å². The molecule has 3 aromatic heterocycles. The Hall–Kier alpha value is -3.61. The van der Waals surface area contributed by atoms with E-state index in [1.807, 2.05) is 33.8 Å². The lowest BCUT2D eigenvalue weighted by Gasteiger charge is -2.12. The number of benzene rings is 1. The molecule has 0 radical (unpaired) electrons. The molecule has 1 amide bonds. The number of carbonyl (C=O) groups is 1. The van der Waals surface area contributed by atoms with Gasteiger partial charge in [0.2, 0.25) is 0 Å². The van der Waals surface area contributed by atoms with Crippen LogP contribution in [0.25, 0.3) is 16.7 Å². The molecule has 0 saturated carbocycles. The van der Waals surface area contributed by atoms with Gasteiger partial charge in [-0.25, -0.2) is 14.1 Å². The van der Waals surface area contributed by atoms with E-state index < -0.39 is 0 Å². The monoisotopic (exact) mass is 389 g/mol. The summed E-state index contributed by atoms with van der Waals surface area (Å²) in [6.45, 7) is 7.44. The number of aryl methyl sites for hydroxylation is 4. The van der Waals surface area contributed by atoms with E-state index in [2.05, 4.69) is 20.4 Å². The number of aromatic nitrogens is 4. The van der Waals surface area contributed by atoms with Crippen molar-refractivity contribution in [3.8, 4) is 5.69 Å². The van der Waals surface area contributed by atoms with Crippen molar-refractivity contribution in [3.05, 3.63) is 76.6 Å². The Kier molecular flexibility index (Phi) is 4.58. The van der Waals surface area contributed by atoms with Gasteiger partial charge in [0.15, 0.2) is 5.65 Å². The van der Waals surface area contributed by atoms with Crippen molar-refractivity contribution in [2.45, 2.75) is 27.7 Å². The first kappa shape index (κ1) is 18.7. The van der Waals surface area contributed by atoms with Gasteiger partial charge in [0.25, 0.3) is 5.91 Å². The number of hydrogen-bond acceptors (Lipinski definition) is 4. The fourth-order valence-electron chi connectivity index (χ4n) is 3.42. The highest BCUT2D eigenvalue weighted by Gasteiger charge is 2.20. The molecule has 146 valence electrons. The smallest absolute Gasteiger partial charge is 0.256 e. The van der Waals surface area contributed by atoms with Crippen LogP contribution in [0.5, 0.6) is 0 Å². The zero-order valence-corrected chi connectivity index (χ0v) is 16.6. The van der Waals surface area contributed by atoms with Gasteiger partial charge in [0.05, 0.1) is 33.7 Å². The molecule has 0 bridgehead atoms. The SMILES string of the molecule is Cc1cc(C(=O)Nc2c(C)ccnc2C)c2c(C)nn(-c3ccc(F)cc3)c2n1. The van der Waals surface area contributed by atoms with Crippen molar-refractivity contribution < 1.29 is 9.18 Å². The van der Waals surface area contributed by atoms with Gasteiger partial charge in [-0.2, -0.15) is 5.10 Å². The Morgan fingerprint density at radius 1 is 1.03 bits per heavy atom. The summed E-state index contributed by atoms with van der Waals surface area (Å²) in [6, 6.07) is 9.61. The molecule has 29 heavy (non-hydrogen) atoms. The standard InChI is InChI=1S/C22H20FN5O/c1-12-9-10-24-15(4)20(12)26-22(29)18-11-13(2)25-21-19(18)14(3)27-28(21)17-7-5-16(23)6-8-17/h5-11H,1-4H3,(H,26,29). The number of hydrogen-bond donors (Lipinski definition) is 1. The predicted molar refractivity (Wildman–Crippen MR) is 110 cm³/mol. The molecule has 0 unspecified atom stereocenters. The lowest BCUT2D eigenvalue weighted by Crippen LogP contribution is -2.15. The largest absolute Gasteiger partial charge is 0.320 e. The Balaban J connectivity index is 1.85. The molecule has 0 spiro atoms. The first-order valence-electron chi connectivity index (χ1n) is 9.21. The molecule has 0 aliphatic heterocycles. The number of carbonyl (C=O) groups excluding carboxylic acids is 1. The Bertz CT molecular complexity index is 1220. The molecule has 0 aliphatic carbocycles. The molecule has 6 nitrogen and oxygen atoms in total. The summed E-state index contributed by atoms with van der Waals surface area (Å²) in [5.74, 6) is -0.574. The second-order valence-corrected chi connectivity index (χ2v) is 7.03. The molecule has 3 heterocycles. The molecule has 0 saturated heterocycles. The molecule has 4 aromatic rings. The van der Waals surface area contributed by atoms with E-state index in [9.17, 15) is 9.18 Å². The Labute approximate surface area is 167 Å². The molecule has 0 aliphatic rings. The fourth-order valence-corrected chi connectivity index (χ4v) is 3.42. The van der Waals surface area contributed by atoms with Crippen molar-refractivity contribution in [1.82, 2.24) is 19.7 Å². The summed E-state index contributed by atoms with van der Waals surface area (Å²) in [7, 11) is 0. The van der Waals surface area contributed by atoms with Gasteiger partial charge >= 0.3 is 0 Å². The van der Waals surface area contributed by atoms with Crippen LogP contribution in [0.1, 0.15) is 33.0 Å². The number of nitrogens with zero attached hydrogens (tertiary/aromatic N) is 4. The normalized spacial score (nSPS) is 11.1. The minimum absolute atomic E-state index is 0.249. The molecule has 0 atom stereocenters. The van der Waals surface area contributed by atoms with Gasteiger partial charge in [-0.3, -0.25) is 9.78 Å². The molecule has 7 heteroatoms. The minimum atomic E-state index is -0.326. The number of amides is 1. The highest BCUT2D eigenvalue weighted by molar-refractivity contribution is 6.13. The third kappa shape index (κ3) is 3.35. The molecule has 1 N–H and O–H groups in total. The number of nitrogens with one attached hydrogen (secondary N) is 1. The predicted octanol–water partition coefficient (Wildman–Crippen LogP) is 4.44. The summed E-state index contributed by atoms with van der Waals surface area (Å²) >= 11 is 0. The number of anilines is 1. The topological polar surface area (TPSA) is 72.7 Å². The summed E-state index contributed by atoms with van der Waals surface area (Å²) in [5.41, 5.74) is 5.45. The van der Waals surface area contributed by atoms with Gasteiger partial charge in [0.1, 0.15) is 5.82 Å². The zero-order valence-electron chi connectivity index (χ0n) is 16.6. The highest BCUT2D eigenvalue weighted by Crippen LogP contribution is 2.26. The van der Waals surface area contributed by atoms with E-state index >= 15 is 0 Å². The van der Waals surface area contributed by atoms with Crippen LogP contribution in [-0.2, 0) is 0 Å². The van der Waals surface area contributed by atoms with Gasteiger partial charge < -0.3 is 5.32 Å². The number of pyridine rings is 2. The van der Waals surface area contributed by atoms with E-state index in [1.54, 1.807) is 29.1 Å². The maximum atomic E-state index is 13.3. The first-order chi connectivity index (χ1) is 13.8. The van der Waals surface area contributed by atoms with Gasteiger partial charge in [-0.15, -0.1) is 0 Å². The highest BCUT2D eigenvalue weighted by atomic mass is 19.1. The average Bonchev–Trinajstić information content (AvgIpc) is 3.01. The molecule has 0 fully saturated rings. The van der Waals surface area contributed by atoms with Gasteiger partial charge in [-0.1, -0.05) is 0 Å². The number of rotatable bonds is 3. The van der Waals surface area contributed by atoms with Crippen molar-refractivity contribution >= 4 is 22.6 Å². The summed E-state index contributed by atoms with van der Waals surface area (Å²) < 4.78 is 15.0. The van der Waals surface area contributed by atoms with E-state index in [0.717, 1.165) is 11.3 Å². The fraction of sp³-hybridized carbons (Fsp3) is 0.182. The van der Waals surface area contributed by atoms with Crippen molar-refractivity contribution in [1.29, 1.82) is 0 Å². The lowest BCUT2D eigenvalue weighted by atomic mass is 10.1. The third-order valence-electron chi connectivity index (χ3n) is 4.84. The maximum absolute atomic E-state index is 13.3. The Morgan fingerprint density at radius 3 is 2.45 bits per heavy atom. The van der Waals surface area contributed by atoms with Gasteiger partial charge in [0, 0.05) is 11.9 Å². The first-order valence-corrected chi connectivity index (χ1v) is 9.21. The number of halogens is 1. The van der Waals surface area contributed by atoms with Crippen LogP contribution in [-0.4, -0.2) is 25.7 Å². The van der Waals surface area contributed by atoms with Crippen LogP contribution in [0.3, 0.4) is 0 Å². The minimum Gasteiger partial charge on any atom is -0.320 e. The zero-order chi connectivity index (χ0) is 20.7. The van der Waals surface area contributed by atoms with Gasteiger partial charge in [-0.05, 0) is 69.7 Å². The average molecular weight is 389 g/mol. The summed E-state index contributed by atoms with van der Waals surface area (Å²) in [6.07, 6.45) is 1.71. The summed E-state index contributed by atoms with van der Waals surface area (Å²) in [4.78, 5) is 22.0. The number of fused-ring (bicyclic) bond motifs is 1. The molecular weight excluding hydrogens is 369 g/mol. The molecule has 4 rings (SSSR count). The molecular formula is C22H20FN5O. The van der Waals surface area contributed by atoms with Crippen LogP contribution in [0.2, 0.25) is 0 Å². The summed E-state index contributed by atoms with van der Waals surface area (Å²) in [5, 5.41) is 8.20. The van der Waals surface area contributed by atoms with Crippen LogP contribution < -0.4 is 5.32 Å². The maximum Gasteiger partial charge on any atom is 0.256 e. The van der Waals surface area contributed by atoms with E-state index in [1.165, 1.54) is 12.1 Å². The molecule has 1 aromatic carbocycles. The lowest BCUT2D eigenvalue weighted by molar-refractivity contribution is 0.102. The van der Waals surface area contributed by atoms with Crippen LogP contribution >= 0.6 is 0 Å². The van der Waals surface area contributed by atoms with Crippen LogP contribution in [0.4, 0.5) is 10.1 Å². The van der Waals surface area contributed by atoms with Crippen molar-refractivity contribution in [2.24, 2.45) is 0 Å². The third-order valence-corrected chi connectivity index (χ3v) is 4.84. The van der Waals surface area contributed by atoms with E-state index in [4.69, 9.17) is 0 Å². The quantitative estimate of drug-likeness (QED) is 0.562. The van der Waals surface area contributed by atoms with Crippen molar-refractivity contribution in [2.75, 3.05) is 5.32 Å². The second-order valence-electron chi connectivity index (χ2n) is 7.03. The van der Waals surface area contributed by atoms with E-state index in [0.29, 0.717) is 39.4 Å². The van der Waals surface area contributed by atoms with Crippen LogP contribution in [0.15, 0.2) is 42.6 Å². The van der Waals surface area contributed by atoms with Crippen LogP contribution in [0, 0.1) is 33.5 Å². The van der Waals surface area contributed by atoms with Crippen molar-refractivity contribution in [3.63, 3.8) is 0 Å². The second kappa shape index (κ2) is 7.09. The Morgan fingerprint density at radius 2 is 1.76 bits per heavy atom.